The van der Waals surface area contributed by atoms with Crippen LogP contribution in [-0.2, 0) is 0 Å². The quantitative estimate of drug-likeness (QED) is 0.771. The molecule has 0 saturated carbocycles. The van der Waals surface area contributed by atoms with Crippen LogP contribution in [0, 0.1) is 12.8 Å². The van der Waals surface area contributed by atoms with Crippen LogP contribution in [0.5, 0.6) is 5.75 Å². The first kappa shape index (κ1) is 17.3. The predicted octanol–water partition coefficient (Wildman–Crippen LogP) is 4.65. The highest BCUT2D eigenvalue weighted by molar-refractivity contribution is 6.31. The second-order valence-electron chi connectivity index (χ2n) is 5.76. The van der Waals surface area contributed by atoms with Crippen molar-refractivity contribution >= 4 is 28.9 Å². The van der Waals surface area contributed by atoms with Crippen molar-refractivity contribution in [3.8, 4) is 5.75 Å². The standard InChI is InChI=1S/C17H23ClN4O/c1-11(2)7-8-19-16-10-17(21-12(3)20-16)22-14-9-13(18)5-6-15(14)23-4/h5-6,9-11H,7-8H2,1-4H3,(H2,19,20,21,22). The minimum Gasteiger partial charge on any atom is -0.495 e. The van der Waals surface area contributed by atoms with Crippen molar-refractivity contribution in [2.45, 2.75) is 27.2 Å². The summed E-state index contributed by atoms with van der Waals surface area (Å²) in [5.74, 6) is 3.56. The number of halogens is 1. The second kappa shape index (κ2) is 8.02. The van der Waals surface area contributed by atoms with Gasteiger partial charge in [-0.15, -0.1) is 0 Å². The maximum atomic E-state index is 6.06. The lowest BCUT2D eigenvalue weighted by atomic mass is 10.1. The fourth-order valence-corrected chi connectivity index (χ4v) is 2.30. The van der Waals surface area contributed by atoms with E-state index in [0.717, 1.165) is 24.5 Å². The molecule has 0 bridgehead atoms. The molecule has 2 N–H and O–H groups in total. The Kier molecular flexibility index (Phi) is 6.04. The Hall–Kier alpha value is -2.01. The average molecular weight is 335 g/mol. The number of nitrogens with zero attached hydrogens (tertiary/aromatic N) is 2. The number of methoxy groups -OCH3 is 1. The van der Waals surface area contributed by atoms with Crippen molar-refractivity contribution in [3.63, 3.8) is 0 Å². The van der Waals surface area contributed by atoms with Gasteiger partial charge >= 0.3 is 0 Å². The molecule has 0 aliphatic heterocycles. The molecule has 0 amide bonds. The third-order valence-corrected chi connectivity index (χ3v) is 3.53. The molecular weight excluding hydrogens is 312 g/mol. The molecule has 2 rings (SSSR count). The lowest BCUT2D eigenvalue weighted by molar-refractivity contribution is 0.417. The summed E-state index contributed by atoms with van der Waals surface area (Å²) in [6, 6.07) is 7.30. The summed E-state index contributed by atoms with van der Waals surface area (Å²) in [4.78, 5) is 8.83. The van der Waals surface area contributed by atoms with E-state index in [0.29, 0.717) is 28.3 Å². The van der Waals surface area contributed by atoms with Gasteiger partial charge < -0.3 is 15.4 Å². The molecule has 1 heterocycles. The van der Waals surface area contributed by atoms with Gasteiger partial charge in [0.05, 0.1) is 12.8 Å². The molecule has 0 unspecified atom stereocenters. The van der Waals surface area contributed by atoms with E-state index >= 15 is 0 Å². The highest BCUT2D eigenvalue weighted by atomic mass is 35.5. The van der Waals surface area contributed by atoms with Gasteiger partial charge in [-0.05, 0) is 37.5 Å². The Labute approximate surface area is 142 Å². The van der Waals surface area contributed by atoms with E-state index in [1.807, 2.05) is 25.1 Å². The monoisotopic (exact) mass is 334 g/mol. The zero-order valence-corrected chi connectivity index (χ0v) is 14.7. The van der Waals surface area contributed by atoms with Crippen molar-refractivity contribution < 1.29 is 4.74 Å². The molecule has 1 aromatic carbocycles. The van der Waals surface area contributed by atoms with Gasteiger partial charge in [0.2, 0.25) is 0 Å². The molecule has 124 valence electrons. The van der Waals surface area contributed by atoms with Crippen LogP contribution in [0.4, 0.5) is 17.3 Å². The van der Waals surface area contributed by atoms with Gasteiger partial charge in [-0.1, -0.05) is 25.4 Å². The number of hydrogen-bond acceptors (Lipinski definition) is 5. The Bertz CT molecular complexity index is 661. The third kappa shape index (κ3) is 5.28. The lowest BCUT2D eigenvalue weighted by Crippen LogP contribution is -2.08. The van der Waals surface area contributed by atoms with Gasteiger partial charge in [0.15, 0.2) is 0 Å². The Morgan fingerprint density at radius 1 is 1.17 bits per heavy atom. The number of anilines is 3. The smallest absolute Gasteiger partial charge is 0.142 e. The second-order valence-corrected chi connectivity index (χ2v) is 6.20. The number of rotatable bonds is 7. The van der Waals surface area contributed by atoms with Gasteiger partial charge in [-0.2, -0.15) is 0 Å². The lowest BCUT2D eigenvalue weighted by Gasteiger charge is -2.13. The Balaban J connectivity index is 2.17. The third-order valence-electron chi connectivity index (χ3n) is 3.29. The van der Waals surface area contributed by atoms with E-state index in [2.05, 4.69) is 34.4 Å². The number of nitrogens with one attached hydrogen (secondary N) is 2. The summed E-state index contributed by atoms with van der Waals surface area (Å²) in [6.07, 6.45) is 1.09. The summed E-state index contributed by atoms with van der Waals surface area (Å²) >= 11 is 6.06. The maximum absolute atomic E-state index is 6.06. The fourth-order valence-electron chi connectivity index (χ4n) is 2.13. The molecule has 5 nitrogen and oxygen atoms in total. The van der Waals surface area contributed by atoms with Crippen molar-refractivity contribution in [1.82, 2.24) is 9.97 Å². The summed E-state index contributed by atoms with van der Waals surface area (Å²) in [6.45, 7) is 7.15. The van der Waals surface area contributed by atoms with Crippen molar-refractivity contribution in [1.29, 1.82) is 0 Å². The highest BCUT2D eigenvalue weighted by Gasteiger charge is 2.07. The molecule has 0 atom stereocenters. The number of hydrogen-bond donors (Lipinski definition) is 2. The molecule has 23 heavy (non-hydrogen) atoms. The molecule has 0 radical (unpaired) electrons. The first-order valence-corrected chi connectivity index (χ1v) is 8.06. The molecule has 1 aromatic heterocycles. The topological polar surface area (TPSA) is 59.1 Å². The number of aryl methyl sites for hydroxylation is 1. The van der Waals surface area contributed by atoms with Gasteiger partial charge in [-0.3, -0.25) is 0 Å². The maximum Gasteiger partial charge on any atom is 0.142 e. The van der Waals surface area contributed by atoms with Crippen LogP contribution in [-0.4, -0.2) is 23.6 Å². The van der Waals surface area contributed by atoms with Crippen molar-refractivity contribution in [2.24, 2.45) is 5.92 Å². The van der Waals surface area contributed by atoms with E-state index in [1.54, 1.807) is 13.2 Å². The predicted molar refractivity (Wildman–Crippen MR) is 96.0 cm³/mol. The largest absolute Gasteiger partial charge is 0.495 e. The normalized spacial score (nSPS) is 10.7. The number of benzene rings is 1. The minimum absolute atomic E-state index is 0.634. The Morgan fingerprint density at radius 2 is 1.91 bits per heavy atom. The van der Waals surface area contributed by atoms with Gasteiger partial charge in [0.25, 0.3) is 0 Å². The summed E-state index contributed by atoms with van der Waals surface area (Å²) in [7, 11) is 1.62. The van der Waals surface area contributed by atoms with E-state index in [9.17, 15) is 0 Å². The molecular formula is C17H23ClN4O. The average Bonchev–Trinajstić information content (AvgIpc) is 2.46. The van der Waals surface area contributed by atoms with Gasteiger partial charge in [-0.25, -0.2) is 9.97 Å². The van der Waals surface area contributed by atoms with Crippen molar-refractivity contribution in [3.05, 3.63) is 35.1 Å². The van der Waals surface area contributed by atoms with Crippen molar-refractivity contribution in [2.75, 3.05) is 24.3 Å². The SMILES string of the molecule is COc1ccc(Cl)cc1Nc1cc(NCCC(C)C)nc(C)n1. The Morgan fingerprint density at radius 3 is 2.61 bits per heavy atom. The van der Waals surface area contributed by atoms with E-state index in [1.165, 1.54) is 0 Å². The zero-order valence-electron chi connectivity index (χ0n) is 14.0. The summed E-state index contributed by atoms with van der Waals surface area (Å²) < 4.78 is 5.34. The van der Waals surface area contributed by atoms with Gasteiger partial charge in [0, 0.05) is 17.6 Å². The zero-order chi connectivity index (χ0) is 16.8. The molecule has 0 fully saturated rings. The van der Waals surface area contributed by atoms with Crippen LogP contribution in [0.2, 0.25) is 5.02 Å². The molecule has 6 heteroatoms. The minimum atomic E-state index is 0.634. The fraction of sp³-hybridized carbons (Fsp3) is 0.412. The summed E-state index contributed by atoms with van der Waals surface area (Å²) in [5, 5.41) is 7.21. The molecule has 0 saturated heterocycles. The first-order valence-electron chi connectivity index (χ1n) is 7.68. The molecule has 0 spiro atoms. The van der Waals surface area contributed by atoms with Crippen LogP contribution >= 0.6 is 11.6 Å². The molecule has 0 aliphatic carbocycles. The van der Waals surface area contributed by atoms with Crippen LogP contribution in [0.15, 0.2) is 24.3 Å². The van der Waals surface area contributed by atoms with E-state index in [4.69, 9.17) is 16.3 Å². The first-order chi connectivity index (χ1) is 11.0. The summed E-state index contributed by atoms with van der Waals surface area (Å²) in [5.41, 5.74) is 0.770. The van der Waals surface area contributed by atoms with Crippen LogP contribution < -0.4 is 15.4 Å². The van der Waals surface area contributed by atoms with Crippen LogP contribution in [0.1, 0.15) is 26.1 Å². The van der Waals surface area contributed by atoms with Gasteiger partial charge in [0.1, 0.15) is 23.2 Å². The van der Waals surface area contributed by atoms with Crippen LogP contribution in [0.3, 0.4) is 0 Å². The van der Waals surface area contributed by atoms with E-state index < -0.39 is 0 Å². The number of aromatic nitrogens is 2. The number of ether oxygens (including phenoxy) is 1. The highest BCUT2D eigenvalue weighted by Crippen LogP contribution is 2.30. The van der Waals surface area contributed by atoms with Crippen LogP contribution in [0.25, 0.3) is 0 Å². The molecule has 2 aromatic rings. The van der Waals surface area contributed by atoms with E-state index in [-0.39, 0.29) is 0 Å². The molecule has 0 aliphatic rings.